The summed E-state index contributed by atoms with van der Waals surface area (Å²) in [5.41, 5.74) is 1.60. The lowest BCUT2D eigenvalue weighted by atomic mass is 9.82. The summed E-state index contributed by atoms with van der Waals surface area (Å²) in [6.45, 7) is 4.97. The zero-order valence-electron chi connectivity index (χ0n) is 27.3. The largest absolute Gasteiger partial charge is 0.497 e. The van der Waals surface area contributed by atoms with Crippen molar-refractivity contribution in [2.45, 2.75) is 50.0 Å². The van der Waals surface area contributed by atoms with Gasteiger partial charge in [-0.3, -0.25) is 14.5 Å². The summed E-state index contributed by atoms with van der Waals surface area (Å²) in [7, 11) is 7.15. The molecule has 1 atom stereocenters. The maximum atomic E-state index is 13.7. The number of amides is 2. The van der Waals surface area contributed by atoms with E-state index in [0.29, 0.717) is 28.1 Å². The quantitative estimate of drug-likeness (QED) is 0.237. The van der Waals surface area contributed by atoms with E-state index in [1.54, 1.807) is 24.0 Å². The van der Waals surface area contributed by atoms with E-state index in [9.17, 15) is 9.59 Å². The zero-order valence-corrected chi connectivity index (χ0v) is 28.8. The second-order valence-corrected chi connectivity index (χ2v) is 13.5. The summed E-state index contributed by atoms with van der Waals surface area (Å²) in [5, 5.41) is 0.985. The third-order valence-corrected chi connectivity index (χ3v) is 10.4. The summed E-state index contributed by atoms with van der Waals surface area (Å²) in [4.78, 5) is 40.0. The predicted molar refractivity (Wildman–Crippen MR) is 182 cm³/mol. The van der Waals surface area contributed by atoms with E-state index in [1.165, 1.54) is 12.8 Å². The molecule has 0 spiro atoms. The van der Waals surface area contributed by atoms with Crippen LogP contribution in [0.3, 0.4) is 0 Å². The van der Waals surface area contributed by atoms with Crippen molar-refractivity contribution in [3.63, 3.8) is 0 Å². The van der Waals surface area contributed by atoms with Crippen molar-refractivity contribution >= 4 is 35.0 Å². The lowest BCUT2D eigenvalue weighted by Crippen LogP contribution is -2.64. The Kier molecular flexibility index (Phi) is 11.3. The Labute approximate surface area is 282 Å². The minimum Gasteiger partial charge on any atom is -0.497 e. The van der Waals surface area contributed by atoms with Crippen molar-refractivity contribution in [3.05, 3.63) is 70.2 Å². The van der Waals surface area contributed by atoms with Gasteiger partial charge in [0.2, 0.25) is 5.91 Å². The average molecular weight is 671 g/mol. The van der Waals surface area contributed by atoms with Crippen LogP contribution in [0.5, 0.6) is 5.75 Å². The Bertz CT molecular complexity index is 1480. The third kappa shape index (κ3) is 7.54. The van der Waals surface area contributed by atoms with Crippen LogP contribution in [-0.2, 0) is 4.79 Å². The molecule has 0 bridgehead atoms. The summed E-state index contributed by atoms with van der Waals surface area (Å²) in [6.07, 6.45) is 7.29. The molecule has 11 heteroatoms. The molecule has 0 saturated carbocycles. The average Bonchev–Trinajstić information content (AvgIpc) is 3.58. The number of benzene rings is 2. The van der Waals surface area contributed by atoms with E-state index in [-0.39, 0.29) is 23.4 Å². The van der Waals surface area contributed by atoms with E-state index in [4.69, 9.17) is 32.4 Å². The van der Waals surface area contributed by atoms with Crippen molar-refractivity contribution < 1.29 is 18.7 Å². The van der Waals surface area contributed by atoms with Crippen LogP contribution >= 0.6 is 23.2 Å². The minimum atomic E-state index is -0.421. The van der Waals surface area contributed by atoms with Crippen LogP contribution in [0.4, 0.5) is 0 Å². The molecule has 2 aromatic carbocycles. The Morgan fingerprint density at radius 3 is 2.30 bits per heavy atom. The van der Waals surface area contributed by atoms with Crippen molar-refractivity contribution in [3.8, 4) is 17.1 Å². The fourth-order valence-corrected chi connectivity index (χ4v) is 7.26. The number of oxazole rings is 1. The van der Waals surface area contributed by atoms with E-state index < -0.39 is 5.54 Å². The summed E-state index contributed by atoms with van der Waals surface area (Å²) < 4.78 is 10.9. The Morgan fingerprint density at radius 1 is 0.978 bits per heavy atom. The molecule has 3 heterocycles. The van der Waals surface area contributed by atoms with Gasteiger partial charge in [0.25, 0.3) is 5.91 Å². The number of rotatable bonds is 11. The summed E-state index contributed by atoms with van der Waals surface area (Å²) >= 11 is 12.7. The van der Waals surface area contributed by atoms with Gasteiger partial charge in [0.15, 0.2) is 17.8 Å². The lowest BCUT2D eigenvalue weighted by Gasteiger charge is -2.50. The number of methoxy groups -OCH3 is 1. The van der Waals surface area contributed by atoms with Gasteiger partial charge in [-0.2, -0.15) is 0 Å². The number of likely N-dealkylation sites (N-methyl/N-ethyl adjacent to an activating group) is 2. The first-order chi connectivity index (χ1) is 22.1. The molecule has 0 radical (unpaired) electrons. The number of likely N-dealkylation sites (tertiary alicyclic amines) is 2. The van der Waals surface area contributed by atoms with Gasteiger partial charge in [-0.25, -0.2) is 4.98 Å². The van der Waals surface area contributed by atoms with Gasteiger partial charge in [-0.1, -0.05) is 35.7 Å². The monoisotopic (exact) mass is 669 g/mol. The van der Waals surface area contributed by atoms with Gasteiger partial charge >= 0.3 is 0 Å². The highest BCUT2D eigenvalue weighted by molar-refractivity contribution is 6.42. The lowest BCUT2D eigenvalue weighted by molar-refractivity contribution is -0.147. The molecule has 5 rings (SSSR count). The van der Waals surface area contributed by atoms with Gasteiger partial charge < -0.3 is 23.9 Å². The number of piperidine rings is 2. The topological polar surface area (TPSA) is 82.4 Å². The molecule has 248 valence electrons. The Hall–Kier alpha value is -3.11. The molecule has 2 amide bonds. The smallest absolute Gasteiger partial charge is 0.276 e. The molecule has 3 aromatic rings. The molecule has 0 aliphatic carbocycles. The van der Waals surface area contributed by atoms with Crippen molar-refractivity contribution in [2.75, 3.05) is 67.5 Å². The van der Waals surface area contributed by atoms with Crippen LogP contribution in [0.25, 0.3) is 11.3 Å². The maximum absolute atomic E-state index is 13.7. The van der Waals surface area contributed by atoms with Crippen LogP contribution < -0.4 is 4.74 Å². The third-order valence-electron chi connectivity index (χ3n) is 9.62. The molecule has 0 N–H and O–H groups in total. The molecule has 1 unspecified atom stereocenters. The minimum absolute atomic E-state index is 0.00256. The molecular weight excluding hydrogens is 625 g/mol. The standard InChI is InChI=1S/C35H45Cl2N5O4/c1-39(2)34(44)35(42-17-6-5-7-18-42)15-20-41(21-16-35)19-14-27(26-10-13-29(36)30(37)22-26)23-40(3)33(43)31-32(46-24-38-31)25-8-11-28(45-4)12-9-25/h8-13,22,24,27H,5-7,14-21,23H2,1-4H3. The molecule has 2 aliphatic rings. The van der Waals surface area contributed by atoms with Crippen LogP contribution in [0, 0.1) is 0 Å². The predicted octanol–water partition coefficient (Wildman–Crippen LogP) is 6.31. The highest BCUT2D eigenvalue weighted by Gasteiger charge is 2.47. The van der Waals surface area contributed by atoms with Crippen LogP contribution in [0.2, 0.25) is 10.0 Å². The van der Waals surface area contributed by atoms with Gasteiger partial charge in [0.05, 0.1) is 17.2 Å². The molecule has 9 nitrogen and oxygen atoms in total. The van der Waals surface area contributed by atoms with Crippen molar-refractivity contribution in [1.29, 1.82) is 0 Å². The fraction of sp³-hybridized carbons (Fsp3) is 0.514. The number of halogens is 2. The van der Waals surface area contributed by atoms with Crippen molar-refractivity contribution in [1.82, 2.24) is 24.6 Å². The SMILES string of the molecule is COc1ccc(-c2ocnc2C(=O)N(C)CC(CCN2CCC(C(=O)N(C)C)(N3CCCCC3)CC2)c2ccc(Cl)c(Cl)c2)cc1. The number of hydrogen-bond donors (Lipinski definition) is 0. The van der Waals surface area contributed by atoms with Crippen LogP contribution in [-0.4, -0.2) is 109 Å². The number of carbonyl (C=O) groups is 2. The first-order valence-electron chi connectivity index (χ1n) is 16.1. The zero-order chi connectivity index (χ0) is 32.8. The van der Waals surface area contributed by atoms with E-state index in [0.717, 1.165) is 76.0 Å². The van der Waals surface area contributed by atoms with Gasteiger partial charge in [0.1, 0.15) is 11.3 Å². The van der Waals surface area contributed by atoms with E-state index >= 15 is 0 Å². The second-order valence-electron chi connectivity index (χ2n) is 12.7. The molecule has 2 aliphatic heterocycles. The van der Waals surface area contributed by atoms with Gasteiger partial charge in [0, 0.05) is 52.3 Å². The molecular formula is C35H45Cl2N5O4. The first-order valence-corrected chi connectivity index (χ1v) is 16.9. The van der Waals surface area contributed by atoms with Crippen LogP contribution in [0.15, 0.2) is 53.3 Å². The molecule has 1 aromatic heterocycles. The highest BCUT2D eigenvalue weighted by Crippen LogP contribution is 2.35. The second kappa shape index (κ2) is 15.2. The number of carbonyl (C=O) groups excluding carboxylic acids is 2. The summed E-state index contributed by atoms with van der Waals surface area (Å²) in [6, 6.07) is 13.0. The van der Waals surface area contributed by atoms with E-state index in [2.05, 4.69) is 14.8 Å². The van der Waals surface area contributed by atoms with Crippen LogP contribution in [0.1, 0.15) is 60.5 Å². The normalized spacial score (nSPS) is 17.8. The molecule has 46 heavy (non-hydrogen) atoms. The van der Waals surface area contributed by atoms with Crippen molar-refractivity contribution in [2.24, 2.45) is 0 Å². The van der Waals surface area contributed by atoms with E-state index in [1.807, 2.05) is 56.6 Å². The van der Waals surface area contributed by atoms with Gasteiger partial charge in [-0.15, -0.1) is 0 Å². The number of hydrogen-bond acceptors (Lipinski definition) is 7. The fourth-order valence-electron chi connectivity index (χ4n) is 6.96. The summed E-state index contributed by atoms with van der Waals surface area (Å²) in [5.74, 6) is 1.13. The number of aromatic nitrogens is 1. The molecule has 2 fully saturated rings. The Morgan fingerprint density at radius 2 is 1.67 bits per heavy atom. The Balaban J connectivity index is 1.29. The number of ether oxygens (including phenoxy) is 1. The van der Waals surface area contributed by atoms with Gasteiger partial charge in [-0.05, 0) is 93.7 Å². The maximum Gasteiger partial charge on any atom is 0.276 e. The first kappa shape index (κ1) is 34.2. The molecule has 2 saturated heterocycles. The number of nitrogens with zero attached hydrogens (tertiary/aromatic N) is 5. The highest BCUT2D eigenvalue weighted by atomic mass is 35.5.